The number of halogens is 2. The number of Topliss-reactive ketones (excluding diaryl/α,β-unsaturated/α-hetero) is 1. The third-order valence-electron chi connectivity index (χ3n) is 6.09. The first-order valence-corrected chi connectivity index (χ1v) is 11.6. The van der Waals surface area contributed by atoms with Crippen molar-refractivity contribution in [2.75, 3.05) is 4.90 Å². The van der Waals surface area contributed by atoms with Crippen molar-refractivity contribution >= 4 is 55.7 Å². The molecule has 164 valence electrons. The van der Waals surface area contributed by atoms with Crippen LogP contribution in [0.15, 0.2) is 89.4 Å². The quantitative estimate of drug-likeness (QED) is 0.316. The van der Waals surface area contributed by atoms with E-state index in [2.05, 4.69) is 15.9 Å². The number of hydrogen-bond donors (Lipinski definition) is 1. The molecule has 4 aromatic rings. The zero-order valence-corrected chi connectivity index (χ0v) is 19.8. The SMILES string of the molecule is O=C(CC1(O)C(=O)N(Cc2ccccc2Cl)c2ccc(Br)cc21)c1cccc2ccccc12. The molecule has 33 heavy (non-hydrogen) atoms. The first-order chi connectivity index (χ1) is 15.9. The van der Waals surface area contributed by atoms with Gasteiger partial charge >= 0.3 is 0 Å². The van der Waals surface area contributed by atoms with Crippen molar-refractivity contribution in [3.8, 4) is 0 Å². The summed E-state index contributed by atoms with van der Waals surface area (Å²) in [5.74, 6) is -0.836. The number of carbonyl (C=O) groups is 2. The Labute approximate surface area is 204 Å². The molecule has 1 aliphatic rings. The third-order valence-corrected chi connectivity index (χ3v) is 6.95. The number of hydrogen-bond acceptors (Lipinski definition) is 3. The molecule has 5 rings (SSSR count). The molecule has 1 amide bonds. The highest BCUT2D eigenvalue weighted by atomic mass is 79.9. The minimum atomic E-state index is -1.98. The van der Waals surface area contributed by atoms with Crippen molar-refractivity contribution in [1.29, 1.82) is 0 Å². The van der Waals surface area contributed by atoms with E-state index in [9.17, 15) is 14.7 Å². The fourth-order valence-corrected chi connectivity index (χ4v) is 5.00. The van der Waals surface area contributed by atoms with E-state index in [0.29, 0.717) is 26.3 Å². The maximum atomic E-state index is 13.6. The Kier molecular flexibility index (Phi) is 5.57. The third kappa shape index (κ3) is 3.76. The van der Waals surface area contributed by atoms with Gasteiger partial charge in [-0.05, 0) is 40.6 Å². The maximum absolute atomic E-state index is 13.6. The molecule has 1 N–H and O–H groups in total. The van der Waals surface area contributed by atoms with Gasteiger partial charge in [0, 0.05) is 20.6 Å². The number of nitrogens with zero attached hydrogens (tertiary/aromatic N) is 1. The Hall–Kier alpha value is -2.99. The average molecular weight is 521 g/mol. The Bertz CT molecular complexity index is 1410. The maximum Gasteiger partial charge on any atom is 0.264 e. The summed E-state index contributed by atoms with van der Waals surface area (Å²) >= 11 is 9.76. The van der Waals surface area contributed by atoms with Gasteiger partial charge in [0.1, 0.15) is 0 Å². The molecule has 0 fully saturated rings. The molecule has 1 aliphatic heterocycles. The van der Waals surface area contributed by atoms with Gasteiger partial charge in [0.05, 0.1) is 18.7 Å². The highest BCUT2D eigenvalue weighted by molar-refractivity contribution is 9.10. The van der Waals surface area contributed by atoms with E-state index in [1.807, 2.05) is 60.7 Å². The summed E-state index contributed by atoms with van der Waals surface area (Å²) in [5.41, 5.74) is 0.231. The van der Waals surface area contributed by atoms with E-state index in [-0.39, 0.29) is 18.7 Å². The zero-order valence-electron chi connectivity index (χ0n) is 17.5. The molecule has 6 heteroatoms. The van der Waals surface area contributed by atoms with Gasteiger partial charge in [-0.2, -0.15) is 0 Å². The van der Waals surface area contributed by atoms with Crippen LogP contribution in [0.1, 0.15) is 27.9 Å². The minimum absolute atomic E-state index is 0.192. The number of aliphatic hydroxyl groups is 1. The summed E-state index contributed by atoms with van der Waals surface area (Å²) in [6, 6.07) is 25.6. The number of fused-ring (bicyclic) bond motifs is 2. The molecule has 0 bridgehead atoms. The fourth-order valence-electron chi connectivity index (χ4n) is 4.44. The topological polar surface area (TPSA) is 57.6 Å². The summed E-state index contributed by atoms with van der Waals surface area (Å²) < 4.78 is 0.713. The van der Waals surface area contributed by atoms with Gasteiger partial charge in [-0.3, -0.25) is 9.59 Å². The summed E-state index contributed by atoms with van der Waals surface area (Å²) in [5, 5.41) is 13.9. The van der Waals surface area contributed by atoms with Crippen LogP contribution in [0.25, 0.3) is 10.8 Å². The van der Waals surface area contributed by atoms with Crippen LogP contribution in [0.2, 0.25) is 5.02 Å². The van der Waals surface area contributed by atoms with E-state index >= 15 is 0 Å². The fraction of sp³-hybridized carbons (Fsp3) is 0.111. The molecule has 0 aromatic heterocycles. The van der Waals surface area contributed by atoms with Crippen LogP contribution in [0, 0.1) is 0 Å². The number of rotatable bonds is 5. The molecule has 4 nitrogen and oxygen atoms in total. The highest BCUT2D eigenvalue weighted by Gasteiger charge is 2.51. The first kappa shape index (κ1) is 21.8. The lowest BCUT2D eigenvalue weighted by molar-refractivity contribution is -0.136. The molecule has 1 atom stereocenters. The second-order valence-electron chi connectivity index (χ2n) is 8.13. The van der Waals surface area contributed by atoms with E-state index in [1.165, 1.54) is 4.90 Å². The monoisotopic (exact) mass is 519 g/mol. The van der Waals surface area contributed by atoms with Crippen molar-refractivity contribution in [3.63, 3.8) is 0 Å². The Morgan fingerprint density at radius 3 is 2.52 bits per heavy atom. The molecule has 0 aliphatic carbocycles. The molecular weight excluding hydrogens is 502 g/mol. The average Bonchev–Trinajstić information content (AvgIpc) is 3.01. The molecule has 0 radical (unpaired) electrons. The van der Waals surface area contributed by atoms with Crippen LogP contribution in [0.4, 0.5) is 5.69 Å². The van der Waals surface area contributed by atoms with Crippen LogP contribution in [-0.4, -0.2) is 16.8 Å². The van der Waals surface area contributed by atoms with Gasteiger partial charge in [-0.15, -0.1) is 0 Å². The van der Waals surface area contributed by atoms with Gasteiger partial charge in [-0.1, -0.05) is 88.2 Å². The molecule has 0 spiro atoms. The summed E-state index contributed by atoms with van der Waals surface area (Å²) in [6.07, 6.45) is -0.359. The van der Waals surface area contributed by atoms with Crippen molar-refractivity contribution in [3.05, 3.63) is 111 Å². The van der Waals surface area contributed by atoms with Crippen LogP contribution < -0.4 is 4.90 Å². The smallest absolute Gasteiger partial charge is 0.264 e. The lowest BCUT2D eigenvalue weighted by atomic mass is 9.87. The van der Waals surface area contributed by atoms with Gasteiger partial charge < -0.3 is 10.0 Å². The van der Waals surface area contributed by atoms with E-state index in [4.69, 9.17) is 11.6 Å². The van der Waals surface area contributed by atoms with Crippen molar-refractivity contribution < 1.29 is 14.7 Å². The minimum Gasteiger partial charge on any atom is -0.375 e. The molecular formula is C27H19BrClNO3. The van der Waals surface area contributed by atoms with Crippen molar-refractivity contribution in [2.24, 2.45) is 0 Å². The van der Waals surface area contributed by atoms with Gasteiger partial charge in [-0.25, -0.2) is 0 Å². The molecule has 1 heterocycles. The normalized spacial score (nSPS) is 17.4. The number of benzene rings is 4. The Balaban J connectivity index is 1.55. The van der Waals surface area contributed by atoms with Gasteiger partial charge in [0.2, 0.25) is 0 Å². The largest absolute Gasteiger partial charge is 0.375 e. The number of amides is 1. The van der Waals surface area contributed by atoms with Crippen LogP contribution >= 0.6 is 27.5 Å². The standard InChI is InChI=1S/C27H19BrClNO3/c28-19-12-13-24-22(14-19)27(33,26(32)30(24)16-18-7-2-4-11-23(18)29)15-25(31)21-10-5-8-17-6-1-3-9-20(17)21/h1-14,33H,15-16H2. The van der Waals surface area contributed by atoms with E-state index in [0.717, 1.165) is 16.3 Å². The van der Waals surface area contributed by atoms with E-state index in [1.54, 1.807) is 24.3 Å². The van der Waals surface area contributed by atoms with E-state index < -0.39 is 11.5 Å². The molecule has 0 saturated carbocycles. The summed E-state index contributed by atoms with van der Waals surface area (Å²) in [6.45, 7) is 0.192. The first-order valence-electron chi connectivity index (χ1n) is 10.5. The predicted molar refractivity (Wildman–Crippen MR) is 134 cm³/mol. The van der Waals surface area contributed by atoms with Gasteiger partial charge in [0.15, 0.2) is 11.4 Å². The van der Waals surface area contributed by atoms with Crippen LogP contribution in [0.3, 0.4) is 0 Å². The second-order valence-corrected chi connectivity index (χ2v) is 9.45. The number of anilines is 1. The van der Waals surface area contributed by atoms with Gasteiger partial charge in [0.25, 0.3) is 5.91 Å². The zero-order chi connectivity index (χ0) is 23.2. The Morgan fingerprint density at radius 2 is 1.70 bits per heavy atom. The summed E-state index contributed by atoms with van der Waals surface area (Å²) in [4.78, 5) is 28.5. The molecule has 1 unspecified atom stereocenters. The van der Waals surface area contributed by atoms with Crippen LogP contribution in [0.5, 0.6) is 0 Å². The number of carbonyl (C=O) groups excluding carboxylic acids is 2. The molecule has 0 saturated heterocycles. The van der Waals surface area contributed by atoms with Crippen molar-refractivity contribution in [1.82, 2.24) is 0 Å². The summed E-state index contributed by atoms with van der Waals surface area (Å²) in [7, 11) is 0. The Morgan fingerprint density at radius 1 is 0.970 bits per heavy atom. The van der Waals surface area contributed by atoms with Crippen molar-refractivity contribution in [2.45, 2.75) is 18.6 Å². The number of ketones is 1. The molecule has 4 aromatic carbocycles. The van der Waals surface area contributed by atoms with Crippen LogP contribution in [-0.2, 0) is 16.9 Å². The highest BCUT2D eigenvalue weighted by Crippen LogP contribution is 2.45. The lowest BCUT2D eigenvalue weighted by Crippen LogP contribution is -2.41. The second kappa shape index (κ2) is 8.41. The lowest BCUT2D eigenvalue weighted by Gasteiger charge is -2.23. The predicted octanol–water partition coefficient (Wildman–Crippen LogP) is 6.26.